The number of hydrogen-bond donors (Lipinski definition) is 0. The molecule has 0 amide bonds. The predicted octanol–water partition coefficient (Wildman–Crippen LogP) is 5.90. The van der Waals surface area contributed by atoms with E-state index in [1.54, 1.807) is 23.1 Å². The van der Waals surface area contributed by atoms with Crippen molar-refractivity contribution in [3.05, 3.63) is 59.7 Å². The molecule has 1 heterocycles. The highest BCUT2D eigenvalue weighted by Crippen LogP contribution is 2.52. The summed E-state index contributed by atoms with van der Waals surface area (Å²) in [4.78, 5) is 0. The molecule has 2 nitrogen and oxygen atoms in total. The zero-order valence-electron chi connectivity index (χ0n) is 12.7. The van der Waals surface area contributed by atoms with Crippen molar-refractivity contribution in [1.29, 1.82) is 0 Å². The molecule has 1 aliphatic rings. The zero-order chi connectivity index (χ0) is 15.6. The zero-order valence-corrected chi connectivity index (χ0v) is 15.2. The van der Waals surface area contributed by atoms with E-state index in [0.29, 0.717) is 5.25 Å². The van der Waals surface area contributed by atoms with Crippen LogP contribution in [0, 0.1) is 0 Å². The SMILES string of the molecule is CCCSc1nnc(SC2c3ccccc3-c3ccccc32)s1. The summed E-state index contributed by atoms with van der Waals surface area (Å²) in [7, 11) is 0. The Morgan fingerprint density at radius 2 is 1.52 bits per heavy atom. The van der Waals surface area contributed by atoms with Gasteiger partial charge in [0.2, 0.25) is 0 Å². The molecular formula is C18H16N2S3. The molecular weight excluding hydrogens is 340 g/mol. The quantitative estimate of drug-likeness (QED) is 0.531. The van der Waals surface area contributed by atoms with Gasteiger partial charge in [-0.15, -0.1) is 10.2 Å². The maximum Gasteiger partial charge on any atom is 0.176 e. The molecule has 3 aromatic rings. The molecule has 0 bridgehead atoms. The average molecular weight is 357 g/mol. The highest BCUT2D eigenvalue weighted by Gasteiger charge is 2.29. The summed E-state index contributed by atoms with van der Waals surface area (Å²) in [6.45, 7) is 2.19. The van der Waals surface area contributed by atoms with Gasteiger partial charge in [-0.3, -0.25) is 0 Å². The second-order valence-corrected chi connectivity index (χ2v) is 9.03. The normalized spacial score (nSPS) is 13.1. The van der Waals surface area contributed by atoms with Gasteiger partial charge in [-0.2, -0.15) is 0 Å². The number of aromatic nitrogens is 2. The fourth-order valence-corrected chi connectivity index (χ4v) is 6.17. The van der Waals surface area contributed by atoms with Gasteiger partial charge in [0.05, 0.1) is 5.25 Å². The van der Waals surface area contributed by atoms with Crippen molar-refractivity contribution in [1.82, 2.24) is 10.2 Å². The van der Waals surface area contributed by atoms with Gasteiger partial charge in [0.1, 0.15) is 0 Å². The van der Waals surface area contributed by atoms with Crippen LogP contribution in [0.4, 0.5) is 0 Å². The first-order valence-electron chi connectivity index (χ1n) is 7.68. The van der Waals surface area contributed by atoms with E-state index in [1.165, 1.54) is 22.3 Å². The molecule has 0 fully saturated rings. The van der Waals surface area contributed by atoms with Crippen molar-refractivity contribution >= 4 is 34.9 Å². The molecule has 116 valence electrons. The van der Waals surface area contributed by atoms with Crippen molar-refractivity contribution in [3.63, 3.8) is 0 Å². The number of hydrogen-bond acceptors (Lipinski definition) is 5. The highest BCUT2D eigenvalue weighted by atomic mass is 32.2. The Hall–Kier alpha value is -1.30. The summed E-state index contributed by atoms with van der Waals surface area (Å²) in [6, 6.07) is 17.4. The summed E-state index contributed by atoms with van der Waals surface area (Å²) in [5.41, 5.74) is 5.48. The molecule has 0 saturated carbocycles. The molecule has 1 aliphatic carbocycles. The van der Waals surface area contributed by atoms with Crippen LogP contribution in [0.1, 0.15) is 29.7 Å². The van der Waals surface area contributed by atoms with E-state index in [2.05, 4.69) is 65.7 Å². The highest BCUT2D eigenvalue weighted by molar-refractivity contribution is 8.03. The van der Waals surface area contributed by atoms with Crippen LogP contribution in [-0.4, -0.2) is 16.0 Å². The largest absolute Gasteiger partial charge is 0.176 e. The lowest BCUT2D eigenvalue weighted by atomic mass is 10.1. The van der Waals surface area contributed by atoms with Crippen molar-refractivity contribution in [2.24, 2.45) is 0 Å². The van der Waals surface area contributed by atoms with Crippen molar-refractivity contribution in [2.75, 3.05) is 5.75 Å². The summed E-state index contributed by atoms with van der Waals surface area (Å²) >= 11 is 5.34. The van der Waals surface area contributed by atoms with Crippen LogP contribution in [0.25, 0.3) is 11.1 Å². The lowest BCUT2D eigenvalue weighted by Gasteiger charge is -2.10. The molecule has 0 radical (unpaired) electrons. The molecule has 0 unspecified atom stereocenters. The molecule has 1 aromatic heterocycles. The first-order valence-corrected chi connectivity index (χ1v) is 10.4. The topological polar surface area (TPSA) is 25.8 Å². The minimum atomic E-state index is 0.319. The molecule has 0 N–H and O–H groups in total. The van der Waals surface area contributed by atoms with E-state index >= 15 is 0 Å². The summed E-state index contributed by atoms with van der Waals surface area (Å²) < 4.78 is 2.13. The minimum absolute atomic E-state index is 0.319. The standard InChI is InChI=1S/C18H16N2S3/c1-2-11-21-17-19-20-18(23-17)22-16-14-9-5-3-7-12(14)13-8-4-6-10-15(13)16/h3-10,16H,2,11H2,1H3. The first kappa shape index (κ1) is 15.2. The monoisotopic (exact) mass is 356 g/mol. The fourth-order valence-electron chi connectivity index (χ4n) is 2.83. The van der Waals surface area contributed by atoms with Crippen LogP contribution in [0.2, 0.25) is 0 Å². The van der Waals surface area contributed by atoms with E-state index < -0.39 is 0 Å². The lowest BCUT2D eigenvalue weighted by molar-refractivity contribution is 0.950. The van der Waals surface area contributed by atoms with Gasteiger partial charge in [-0.05, 0) is 28.7 Å². The molecule has 4 rings (SSSR count). The summed E-state index contributed by atoms with van der Waals surface area (Å²) in [5, 5.41) is 9.03. The number of thioether (sulfide) groups is 2. The molecule has 0 atom stereocenters. The third-order valence-electron chi connectivity index (χ3n) is 3.81. The van der Waals surface area contributed by atoms with Crippen LogP contribution in [0.3, 0.4) is 0 Å². The maximum absolute atomic E-state index is 4.39. The van der Waals surface area contributed by atoms with Crippen LogP contribution < -0.4 is 0 Å². The van der Waals surface area contributed by atoms with Crippen LogP contribution >= 0.6 is 34.9 Å². The molecule has 0 spiro atoms. The van der Waals surface area contributed by atoms with Gasteiger partial charge in [0.15, 0.2) is 8.68 Å². The van der Waals surface area contributed by atoms with Gasteiger partial charge in [-0.25, -0.2) is 0 Å². The Bertz CT molecular complexity index is 783. The molecule has 2 aromatic carbocycles. The van der Waals surface area contributed by atoms with Crippen LogP contribution in [0.15, 0.2) is 57.2 Å². The van der Waals surface area contributed by atoms with Crippen molar-refractivity contribution < 1.29 is 0 Å². The molecule has 0 saturated heterocycles. The number of benzene rings is 2. The Kier molecular flexibility index (Phi) is 4.42. The Labute approximate surface area is 148 Å². The molecule has 0 aliphatic heterocycles. The van der Waals surface area contributed by atoms with Gasteiger partial charge in [0.25, 0.3) is 0 Å². The summed E-state index contributed by atoms with van der Waals surface area (Å²) in [5.74, 6) is 1.11. The molecule has 5 heteroatoms. The van der Waals surface area contributed by atoms with Gasteiger partial charge < -0.3 is 0 Å². The Morgan fingerprint density at radius 3 is 2.17 bits per heavy atom. The summed E-state index contributed by atoms with van der Waals surface area (Å²) in [6.07, 6.45) is 1.16. The number of nitrogens with zero attached hydrogens (tertiary/aromatic N) is 2. The van der Waals surface area contributed by atoms with Crippen LogP contribution in [-0.2, 0) is 0 Å². The predicted molar refractivity (Wildman–Crippen MR) is 101 cm³/mol. The molecule has 23 heavy (non-hydrogen) atoms. The number of fused-ring (bicyclic) bond motifs is 3. The van der Waals surface area contributed by atoms with E-state index in [1.807, 2.05) is 11.8 Å². The third kappa shape index (κ3) is 2.93. The van der Waals surface area contributed by atoms with E-state index in [9.17, 15) is 0 Å². The second-order valence-electron chi connectivity index (χ2n) is 5.35. The van der Waals surface area contributed by atoms with Crippen molar-refractivity contribution in [2.45, 2.75) is 27.3 Å². The first-order chi connectivity index (χ1) is 11.4. The lowest BCUT2D eigenvalue weighted by Crippen LogP contribution is -1.90. The maximum atomic E-state index is 4.39. The van der Waals surface area contributed by atoms with Gasteiger partial charge in [-0.1, -0.05) is 90.3 Å². The number of rotatable bonds is 5. The van der Waals surface area contributed by atoms with Gasteiger partial charge in [0, 0.05) is 5.75 Å². The van der Waals surface area contributed by atoms with Crippen molar-refractivity contribution in [3.8, 4) is 11.1 Å². The second kappa shape index (κ2) is 6.67. The fraction of sp³-hybridized carbons (Fsp3) is 0.222. The van der Waals surface area contributed by atoms with E-state index in [-0.39, 0.29) is 0 Å². The smallest absolute Gasteiger partial charge is 0.131 e. The van der Waals surface area contributed by atoms with Crippen LogP contribution in [0.5, 0.6) is 0 Å². The third-order valence-corrected chi connectivity index (χ3v) is 7.44. The van der Waals surface area contributed by atoms with E-state index in [0.717, 1.165) is 20.9 Å². The van der Waals surface area contributed by atoms with E-state index in [4.69, 9.17) is 0 Å². The average Bonchev–Trinajstić information content (AvgIpc) is 3.17. The van der Waals surface area contributed by atoms with Gasteiger partial charge >= 0.3 is 0 Å². The Morgan fingerprint density at radius 1 is 0.913 bits per heavy atom. The Balaban J connectivity index is 1.65. The minimum Gasteiger partial charge on any atom is -0.131 e.